The first-order chi connectivity index (χ1) is 6.24. The number of piperidine rings is 1. The monoisotopic (exact) mass is 202 g/mol. The van der Waals surface area contributed by atoms with Gasteiger partial charge in [0.25, 0.3) is 0 Å². The van der Waals surface area contributed by atoms with E-state index >= 15 is 0 Å². The van der Waals surface area contributed by atoms with Crippen molar-refractivity contribution in [3.05, 3.63) is 0 Å². The van der Waals surface area contributed by atoms with Gasteiger partial charge in [-0.15, -0.1) is 0 Å². The highest BCUT2D eigenvalue weighted by Gasteiger charge is 2.19. The molecule has 1 aliphatic heterocycles. The molecule has 0 radical (unpaired) electrons. The predicted octanol–water partition coefficient (Wildman–Crippen LogP) is 0.689. The van der Waals surface area contributed by atoms with Crippen LogP contribution in [0.3, 0.4) is 0 Å². The number of hydrogen-bond donors (Lipinski definition) is 1. The molecule has 4 heteroatoms. The molecule has 0 saturated carbocycles. The van der Waals surface area contributed by atoms with E-state index in [0.717, 1.165) is 31.7 Å². The molecular formula is C9H18N2OS. The minimum absolute atomic E-state index is 0.293. The number of rotatable bonds is 3. The Balaban J connectivity index is 2.23. The molecule has 1 amide bonds. The van der Waals surface area contributed by atoms with E-state index in [1.54, 1.807) is 11.8 Å². The minimum Gasteiger partial charge on any atom is -0.343 e. The van der Waals surface area contributed by atoms with Gasteiger partial charge >= 0.3 is 0 Å². The molecule has 3 nitrogen and oxygen atoms in total. The third kappa shape index (κ3) is 3.56. The molecule has 1 heterocycles. The zero-order chi connectivity index (χ0) is 9.68. The Kier molecular flexibility index (Phi) is 4.59. The zero-order valence-corrected chi connectivity index (χ0v) is 8.98. The van der Waals surface area contributed by atoms with Crippen molar-refractivity contribution in [1.82, 2.24) is 4.90 Å². The van der Waals surface area contributed by atoms with E-state index in [0.29, 0.717) is 18.4 Å². The SMILES string of the molecule is CSCCC(=O)N1CCC(N)CC1. The summed E-state index contributed by atoms with van der Waals surface area (Å²) >= 11 is 1.72. The van der Waals surface area contributed by atoms with Gasteiger partial charge in [-0.25, -0.2) is 0 Å². The summed E-state index contributed by atoms with van der Waals surface area (Å²) in [6, 6.07) is 0.310. The molecule has 0 aromatic heterocycles. The molecule has 0 unspecified atom stereocenters. The molecule has 1 saturated heterocycles. The molecular weight excluding hydrogens is 184 g/mol. The Morgan fingerprint density at radius 2 is 2.15 bits per heavy atom. The summed E-state index contributed by atoms with van der Waals surface area (Å²) in [6.45, 7) is 1.71. The van der Waals surface area contributed by atoms with Crippen LogP contribution < -0.4 is 5.73 Å². The number of amides is 1. The first kappa shape index (κ1) is 10.9. The van der Waals surface area contributed by atoms with Gasteiger partial charge in [-0.3, -0.25) is 4.79 Å². The summed E-state index contributed by atoms with van der Waals surface area (Å²) in [5.74, 6) is 1.22. The van der Waals surface area contributed by atoms with Crippen LogP contribution in [0.4, 0.5) is 0 Å². The van der Waals surface area contributed by atoms with Gasteiger partial charge in [-0.05, 0) is 19.1 Å². The molecule has 0 aromatic carbocycles. The van der Waals surface area contributed by atoms with Crippen LogP contribution >= 0.6 is 11.8 Å². The molecule has 76 valence electrons. The molecule has 0 atom stereocenters. The van der Waals surface area contributed by atoms with Gasteiger partial charge < -0.3 is 10.6 Å². The highest BCUT2D eigenvalue weighted by atomic mass is 32.2. The minimum atomic E-state index is 0.293. The van der Waals surface area contributed by atoms with Crippen LogP contribution in [0.25, 0.3) is 0 Å². The second kappa shape index (κ2) is 5.50. The predicted molar refractivity (Wildman–Crippen MR) is 56.8 cm³/mol. The van der Waals surface area contributed by atoms with Crippen molar-refractivity contribution in [3.8, 4) is 0 Å². The topological polar surface area (TPSA) is 46.3 Å². The van der Waals surface area contributed by atoms with Crippen LogP contribution in [-0.2, 0) is 4.79 Å². The molecule has 0 spiro atoms. The molecule has 2 N–H and O–H groups in total. The quantitative estimate of drug-likeness (QED) is 0.732. The number of hydrogen-bond acceptors (Lipinski definition) is 3. The van der Waals surface area contributed by atoms with Crippen molar-refractivity contribution in [2.45, 2.75) is 25.3 Å². The summed E-state index contributed by atoms with van der Waals surface area (Å²) in [7, 11) is 0. The molecule has 0 bridgehead atoms. The Bertz CT molecular complexity index is 167. The Hall–Kier alpha value is -0.220. The molecule has 1 rings (SSSR count). The van der Waals surface area contributed by atoms with E-state index in [9.17, 15) is 4.79 Å². The number of likely N-dealkylation sites (tertiary alicyclic amines) is 1. The maximum atomic E-state index is 11.5. The van der Waals surface area contributed by atoms with E-state index in [-0.39, 0.29) is 0 Å². The zero-order valence-electron chi connectivity index (χ0n) is 8.16. The largest absolute Gasteiger partial charge is 0.343 e. The van der Waals surface area contributed by atoms with Gasteiger partial charge in [0.2, 0.25) is 5.91 Å². The van der Waals surface area contributed by atoms with Crippen LogP contribution in [0.15, 0.2) is 0 Å². The number of nitrogens with zero attached hydrogens (tertiary/aromatic N) is 1. The summed E-state index contributed by atoms with van der Waals surface area (Å²) in [4.78, 5) is 13.5. The van der Waals surface area contributed by atoms with Crippen molar-refractivity contribution in [2.75, 3.05) is 25.1 Å². The second-order valence-electron chi connectivity index (χ2n) is 3.46. The fraction of sp³-hybridized carbons (Fsp3) is 0.889. The molecule has 13 heavy (non-hydrogen) atoms. The Morgan fingerprint density at radius 3 is 2.69 bits per heavy atom. The smallest absolute Gasteiger partial charge is 0.223 e. The van der Waals surface area contributed by atoms with Crippen molar-refractivity contribution in [1.29, 1.82) is 0 Å². The van der Waals surface area contributed by atoms with Crippen LogP contribution in [0, 0.1) is 0 Å². The first-order valence-electron chi connectivity index (χ1n) is 4.76. The number of carbonyl (C=O) groups excluding carboxylic acids is 1. The summed E-state index contributed by atoms with van der Waals surface area (Å²) in [6.07, 6.45) is 4.63. The van der Waals surface area contributed by atoms with Gasteiger partial charge in [-0.1, -0.05) is 0 Å². The van der Waals surface area contributed by atoms with E-state index in [1.165, 1.54) is 0 Å². The normalized spacial score (nSPS) is 19.1. The maximum Gasteiger partial charge on any atom is 0.223 e. The lowest BCUT2D eigenvalue weighted by atomic mass is 10.1. The van der Waals surface area contributed by atoms with Crippen molar-refractivity contribution >= 4 is 17.7 Å². The Morgan fingerprint density at radius 1 is 1.54 bits per heavy atom. The summed E-state index contributed by atoms with van der Waals surface area (Å²) in [5, 5.41) is 0. The fourth-order valence-corrected chi connectivity index (χ4v) is 1.88. The standard InChI is InChI=1S/C9H18N2OS/c1-13-7-4-9(12)11-5-2-8(10)3-6-11/h8H,2-7,10H2,1H3. The van der Waals surface area contributed by atoms with Gasteiger partial charge in [0.15, 0.2) is 0 Å². The van der Waals surface area contributed by atoms with E-state index in [2.05, 4.69) is 0 Å². The summed E-state index contributed by atoms with van der Waals surface area (Å²) in [5.41, 5.74) is 5.76. The molecule has 1 aliphatic rings. The highest BCUT2D eigenvalue weighted by Crippen LogP contribution is 2.10. The lowest BCUT2D eigenvalue weighted by Gasteiger charge is -2.30. The van der Waals surface area contributed by atoms with Crippen LogP contribution in [-0.4, -0.2) is 41.9 Å². The first-order valence-corrected chi connectivity index (χ1v) is 6.15. The number of nitrogens with two attached hydrogens (primary N) is 1. The second-order valence-corrected chi connectivity index (χ2v) is 4.45. The molecule has 0 aromatic rings. The number of thioether (sulfide) groups is 1. The Labute approximate surface area is 84.0 Å². The van der Waals surface area contributed by atoms with Crippen molar-refractivity contribution < 1.29 is 4.79 Å². The highest BCUT2D eigenvalue weighted by molar-refractivity contribution is 7.98. The van der Waals surface area contributed by atoms with Gasteiger partial charge in [0, 0.05) is 31.3 Å². The van der Waals surface area contributed by atoms with E-state index in [1.807, 2.05) is 11.2 Å². The summed E-state index contributed by atoms with van der Waals surface area (Å²) < 4.78 is 0. The average Bonchev–Trinajstić information content (AvgIpc) is 2.15. The van der Waals surface area contributed by atoms with Gasteiger partial charge in [-0.2, -0.15) is 11.8 Å². The fourth-order valence-electron chi connectivity index (χ4n) is 1.50. The van der Waals surface area contributed by atoms with Crippen molar-refractivity contribution in [2.24, 2.45) is 5.73 Å². The third-order valence-corrected chi connectivity index (χ3v) is 3.02. The number of carbonyl (C=O) groups is 1. The van der Waals surface area contributed by atoms with Crippen molar-refractivity contribution in [3.63, 3.8) is 0 Å². The van der Waals surface area contributed by atoms with E-state index in [4.69, 9.17) is 5.73 Å². The molecule has 1 fully saturated rings. The molecule has 0 aliphatic carbocycles. The van der Waals surface area contributed by atoms with E-state index < -0.39 is 0 Å². The van der Waals surface area contributed by atoms with Gasteiger partial charge in [0.05, 0.1) is 0 Å². The third-order valence-electron chi connectivity index (χ3n) is 2.41. The van der Waals surface area contributed by atoms with Gasteiger partial charge in [0.1, 0.15) is 0 Å². The van der Waals surface area contributed by atoms with Crippen LogP contribution in [0.2, 0.25) is 0 Å². The van der Waals surface area contributed by atoms with Crippen LogP contribution in [0.5, 0.6) is 0 Å². The van der Waals surface area contributed by atoms with Crippen LogP contribution in [0.1, 0.15) is 19.3 Å². The lowest BCUT2D eigenvalue weighted by molar-refractivity contribution is -0.131. The average molecular weight is 202 g/mol. The lowest BCUT2D eigenvalue weighted by Crippen LogP contribution is -2.42. The maximum absolute atomic E-state index is 11.5.